The normalized spacial score (nSPS) is 17.6. The van der Waals surface area contributed by atoms with Crippen LogP contribution in [0, 0.1) is 13.8 Å². The van der Waals surface area contributed by atoms with Gasteiger partial charge in [0.2, 0.25) is 0 Å². The number of para-hydroxylation sites is 1. The molecule has 1 aromatic carbocycles. The summed E-state index contributed by atoms with van der Waals surface area (Å²) in [7, 11) is 0. The number of fused-ring (bicyclic) bond motifs is 1. The Labute approximate surface area is 129 Å². The number of aliphatic hydroxyl groups excluding tert-OH is 1. The average molecular weight is 300 g/mol. The second kappa shape index (κ2) is 5.85. The number of rotatable bonds is 2. The van der Waals surface area contributed by atoms with Crippen LogP contribution in [0.4, 0.5) is 0 Å². The van der Waals surface area contributed by atoms with Crippen LogP contribution in [0.3, 0.4) is 0 Å². The van der Waals surface area contributed by atoms with Crippen molar-refractivity contribution in [3.8, 4) is 5.75 Å². The largest absolute Gasteiger partial charge is 0.491 e. The van der Waals surface area contributed by atoms with Crippen molar-refractivity contribution < 1.29 is 14.6 Å². The van der Waals surface area contributed by atoms with E-state index in [4.69, 9.17) is 4.74 Å². The van der Waals surface area contributed by atoms with Gasteiger partial charge in [-0.3, -0.25) is 4.79 Å². The van der Waals surface area contributed by atoms with Gasteiger partial charge >= 0.3 is 0 Å². The van der Waals surface area contributed by atoms with Gasteiger partial charge in [-0.2, -0.15) is 0 Å². The first-order valence-electron chi connectivity index (χ1n) is 7.41. The number of aryl methyl sites for hydroxylation is 2. The van der Waals surface area contributed by atoms with E-state index < -0.39 is 0 Å². The highest BCUT2D eigenvalue weighted by Crippen LogP contribution is 2.32. The summed E-state index contributed by atoms with van der Waals surface area (Å²) in [6.07, 6.45) is 0. The molecule has 0 radical (unpaired) electrons. The Morgan fingerprint density at radius 2 is 2.18 bits per heavy atom. The smallest absolute Gasteiger partial charge is 0.256 e. The van der Waals surface area contributed by atoms with Crippen molar-refractivity contribution in [2.75, 3.05) is 19.8 Å². The zero-order valence-corrected chi connectivity index (χ0v) is 12.8. The van der Waals surface area contributed by atoms with E-state index in [0.29, 0.717) is 18.7 Å². The fraction of sp³-hybridized carbons (Fsp3) is 0.353. The zero-order chi connectivity index (χ0) is 15.7. The summed E-state index contributed by atoms with van der Waals surface area (Å²) in [5, 5.41) is 9.85. The Morgan fingerprint density at radius 3 is 2.86 bits per heavy atom. The van der Waals surface area contributed by atoms with Crippen molar-refractivity contribution >= 4 is 5.91 Å². The molecule has 1 aliphatic rings. The topological polar surface area (TPSA) is 65.6 Å². The molecule has 0 aliphatic carbocycles. The minimum atomic E-state index is -0.388. The highest BCUT2D eigenvalue weighted by Gasteiger charge is 2.31. The van der Waals surface area contributed by atoms with Crippen LogP contribution in [0.15, 0.2) is 30.3 Å². The maximum atomic E-state index is 12.9. The Balaban J connectivity index is 1.99. The number of hydrogen-bond acceptors (Lipinski definition) is 3. The summed E-state index contributed by atoms with van der Waals surface area (Å²) >= 11 is 0. The van der Waals surface area contributed by atoms with Gasteiger partial charge in [0.05, 0.1) is 24.8 Å². The standard InChI is InChI=1S/C17H20N2O3/c1-11-9-14(12(2)18-11)17(21)19-7-8-22-16-6-4-3-5-13(16)15(19)10-20/h3-6,9,15,18,20H,7-8,10H2,1-2H3. The van der Waals surface area contributed by atoms with Crippen LogP contribution in [0.1, 0.15) is 33.4 Å². The molecule has 2 N–H and O–H groups in total. The fourth-order valence-electron chi connectivity index (χ4n) is 3.01. The second-order valence-corrected chi connectivity index (χ2v) is 5.57. The summed E-state index contributed by atoms with van der Waals surface area (Å²) in [6, 6.07) is 9.02. The molecule has 1 amide bonds. The van der Waals surface area contributed by atoms with Crippen LogP contribution in [0.25, 0.3) is 0 Å². The lowest BCUT2D eigenvalue weighted by atomic mass is 10.0. The van der Waals surface area contributed by atoms with Gasteiger partial charge < -0.3 is 19.7 Å². The number of ether oxygens (including phenoxy) is 1. The number of nitrogens with zero attached hydrogens (tertiary/aromatic N) is 1. The van der Waals surface area contributed by atoms with Gasteiger partial charge in [-0.25, -0.2) is 0 Å². The lowest BCUT2D eigenvalue weighted by Crippen LogP contribution is -2.38. The van der Waals surface area contributed by atoms with E-state index >= 15 is 0 Å². The van der Waals surface area contributed by atoms with Crippen molar-refractivity contribution in [2.45, 2.75) is 19.9 Å². The molecule has 0 bridgehead atoms. The number of nitrogens with one attached hydrogen (secondary N) is 1. The maximum absolute atomic E-state index is 12.9. The molecule has 3 rings (SSSR count). The monoisotopic (exact) mass is 300 g/mol. The van der Waals surface area contributed by atoms with Crippen molar-refractivity contribution in [2.24, 2.45) is 0 Å². The fourth-order valence-corrected chi connectivity index (χ4v) is 3.01. The van der Waals surface area contributed by atoms with Crippen LogP contribution < -0.4 is 4.74 Å². The van der Waals surface area contributed by atoms with E-state index in [1.165, 1.54) is 0 Å². The van der Waals surface area contributed by atoms with Gasteiger partial charge in [-0.15, -0.1) is 0 Å². The number of hydrogen-bond donors (Lipinski definition) is 2. The quantitative estimate of drug-likeness (QED) is 0.893. The van der Waals surface area contributed by atoms with Gasteiger partial charge in [-0.1, -0.05) is 18.2 Å². The maximum Gasteiger partial charge on any atom is 0.256 e. The van der Waals surface area contributed by atoms with Gasteiger partial charge in [-0.05, 0) is 26.0 Å². The first-order valence-corrected chi connectivity index (χ1v) is 7.41. The van der Waals surface area contributed by atoms with Crippen molar-refractivity contribution in [3.63, 3.8) is 0 Å². The van der Waals surface area contributed by atoms with E-state index in [9.17, 15) is 9.90 Å². The molecule has 0 saturated heterocycles. The van der Waals surface area contributed by atoms with Crippen LogP contribution >= 0.6 is 0 Å². The van der Waals surface area contributed by atoms with E-state index in [-0.39, 0.29) is 18.6 Å². The van der Waals surface area contributed by atoms with Gasteiger partial charge in [0.1, 0.15) is 12.4 Å². The SMILES string of the molecule is Cc1cc(C(=O)N2CCOc3ccccc3C2CO)c(C)[nH]1. The summed E-state index contributed by atoms with van der Waals surface area (Å²) < 4.78 is 5.72. The number of benzene rings is 1. The van der Waals surface area contributed by atoms with E-state index in [0.717, 1.165) is 22.7 Å². The number of aliphatic hydroxyl groups is 1. The summed E-state index contributed by atoms with van der Waals surface area (Å²) in [5.41, 5.74) is 3.29. The van der Waals surface area contributed by atoms with E-state index in [1.807, 2.05) is 44.2 Å². The Kier molecular flexibility index (Phi) is 3.90. The lowest BCUT2D eigenvalue weighted by molar-refractivity contribution is 0.0584. The number of H-pyrrole nitrogens is 1. The molecule has 5 nitrogen and oxygen atoms in total. The molecule has 0 saturated carbocycles. The second-order valence-electron chi connectivity index (χ2n) is 5.57. The Hall–Kier alpha value is -2.27. The molecule has 22 heavy (non-hydrogen) atoms. The number of carbonyl (C=O) groups excluding carboxylic acids is 1. The third-order valence-electron chi connectivity index (χ3n) is 4.06. The number of carbonyl (C=O) groups is 1. The molecule has 1 unspecified atom stereocenters. The van der Waals surface area contributed by atoms with Crippen LogP contribution in [-0.4, -0.2) is 40.7 Å². The molecular formula is C17H20N2O3. The molecule has 116 valence electrons. The average Bonchev–Trinajstić information content (AvgIpc) is 2.75. The van der Waals surface area contributed by atoms with E-state index in [2.05, 4.69) is 4.98 Å². The van der Waals surface area contributed by atoms with Crippen molar-refractivity contribution in [1.82, 2.24) is 9.88 Å². The predicted octanol–water partition coefficient (Wildman–Crippen LogP) is 2.20. The first-order chi connectivity index (χ1) is 10.6. The number of aromatic nitrogens is 1. The van der Waals surface area contributed by atoms with Crippen molar-refractivity contribution in [1.29, 1.82) is 0 Å². The first kappa shape index (κ1) is 14.7. The number of amides is 1. The predicted molar refractivity (Wildman–Crippen MR) is 83.1 cm³/mol. The van der Waals surface area contributed by atoms with Crippen molar-refractivity contribution in [3.05, 3.63) is 52.8 Å². The minimum absolute atomic E-state index is 0.0822. The Bertz CT molecular complexity index is 693. The highest BCUT2D eigenvalue weighted by atomic mass is 16.5. The molecule has 2 aromatic rings. The van der Waals surface area contributed by atoms with Gasteiger partial charge in [0.25, 0.3) is 5.91 Å². The molecule has 1 aliphatic heterocycles. The molecule has 2 heterocycles. The zero-order valence-electron chi connectivity index (χ0n) is 12.8. The van der Waals surface area contributed by atoms with E-state index in [1.54, 1.807) is 4.90 Å². The van der Waals surface area contributed by atoms with Gasteiger partial charge in [0, 0.05) is 17.0 Å². The highest BCUT2D eigenvalue weighted by molar-refractivity contribution is 5.96. The molecule has 1 aromatic heterocycles. The minimum Gasteiger partial charge on any atom is -0.491 e. The van der Waals surface area contributed by atoms with Crippen LogP contribution in [0.2, 0.25) is 0 Å². The third kappa shape index (κ3) is 2.48. The molecular weight excluding hydrogens is 280 g/mol. The molecule has 5 heteroatoms. The van der Waals surface area contributed by atoms with Crippen LogP contribution in [0.5, 0.6) is 5.75 Å². The summed E-state index contributed by atoms with van der Waals surface area (Å²) in [6.45, 7) is 4.54. The summed E-state index contributed by atoms with van der Waals surface area (Å²) in [4.78, 5) is 17.8. The number of aromatic amines is 1. The molecule has 0 spiro atoms. The van der Waals surface area contributed by atoms with Gasteiger partial charge in [0.15, 0.2) is 0 Å². The molecule has 1 atom stereocenters. The Morgan fingerprint density at radius 1 is 1.41 bits per heavy atom. The van der Waals surface area contributed by atoms with Crippen LogP contribution in [-0.2, 0) is 0 Å². The lowest BCUT2D eigenvalue weighted by Gasteiger charge is -2.28. The third-order valence-corrected chi connectivity index (χ3v) is 4.06. The summed E-state index contributed by atoms with van der Waals surface area (Å²) in [5.74, 6) is 0.653. The molecule has 0 fully saturated rings.